The Bertz CT molecular complexity index is 1030. The molecule has 1 aliphatic heterocycles. The van der Waals surface area contributed by atoms with E-state index in [9.17, 15) is 17.6 Å². The second kappa shape index (κ2) is 10.9. The fraction of sp³-hybridized carbons (Fsp3) is 0.318. The van der Waals surface area contributed by atoms with Crippen LogP contribution in [0.25, 0.3) is 0 Å². The van der Waals surface area contributed by atoms with Crippen LogP contribution in [0, 0.1) is 0 Å². The normalized spacial score (nSPS) is 14.5. The SMILES string of the molecule is CC(C)N1CN=C(c2cccc(C(F)(F)F)n2)N(c2ccnc(CF)c2)C1.c1cncnc1. The Morgan fingerprint density at radius 1 is 1.03 bits per heavy atom. The highest BCUT2D eigenvalue weighted by Crippen LogP contribution is 2.28. The topological polar surface area (TPSA) is 70.4 Å². The average molecular weight is 461 g/mol. The van der Waals surface area contributed by atoms with E-state index in [0.29, 0.717) is 24.9 Å². The van der Waals surface area contributed by atoms with Crippen molar-refractivity contribution in [2.75, 3.05) is 18.2 Å². The first-order valence-corrected chi connectivity index (χ1v) is 10.1. The number of halogens is 4. The third kappa shape index (κ3) is 6.51. The first kappa shape index (κ1) is 24.2. The summed E-state index contributed by atoms with van der Waals surface area (Å²) >= 11 is 0. The summed E-state index contributed by atoms with van der Waals surface area (Å²) in [6.07, 6.45) is 1.80. The van der Waals surface area contributed by atoms with Gasteiger partial charge in [-0.25, -0.2) is 19.3 Å². The maximum absolute atomic E-state index is 13.0. The van der Waals surface area contributed by atoms with E-state index in [1.54, 1.807) is 35.5 Å². The van der Waals surface area contributed by atoms with Gasteiger partial charge in [-0.15, -0.1) is 0 Å². The van der Waals surface area contributed by atoms with Crippen molar-refractivity contribution in [2.24, 2.45) is 4.99 Å². The smallest absolute Gasteiger partial charge is 0.311 e. The maximum Gasteiger partial charge on any atom is 0.433 e. The number of anilines is 1. The lowest BCUT2D eigenvalue weighted by Crippen LogP contribution is -2.49. The zero-order valence-corrected chi connectivity index (χ0v) is 18.1. The summed E-state index contributed by atoms with van der Waals surface area (Å²) in [7, 11) is 0. The fourth-order valence-corrected chi connectivity index (χ4v) is 2.96. The summed E-state index contributed by atoms with van der Waals surface area (Å²) in [5.41, 5.74) is -0.0218. The van der Waals surface area contributed by atoms with Crippen LogP contribution in [0.15, 0.2) is 66.3 Å². The number of hydrogen-bond acceptors (Lipinski definition) is 7. The lowest BCUT2D eigenvalue weighted by molar-refractivity contribution is -0.141. The minimum Gasteiger partial charge on any atom is -0.311 e. The van der Waals surface area contributed by atoms with E-state index in [-0.39, 0.29) is 17.4 Å². The largest absolute Gasteiger partial charge is 0.433 e. The van der Waals surface area contributed by atoms with Crippen LogP contribution in [0.5, 0.6) is 0 Å². The van der Waals surface area contributed by atoms with Crippen LogP contribution in [-0.4, -0.2) is 50.1 Å². The summed E-state index contributed by atoms with van der Waals surface area (Å²) in [5.74, 6) is 0.314. The standard InChI is InChI=1S/C18H19F4N5.C4H4N2/c1-12(2)26-10-24-17(15-4-3-5-16(25-15)18(20,21)22)27(11-26)14-6-7-23-13(8-14)9-19;1-2-5-4-6-3-1/h3-8,12H,9-11H2,1-2H3;1-4H. The van der Waals surface area contributed by atoms with Gasteiger partial charge in [-0.3, -0.25) is 14.9 Å². The highest BCUT2D eigenvalue weighted by atomic mass is 19.4. The molecule has 4 heterocycles. The molecule has 33 heavy (non-hydrogen) atoms. The molecule has 0 aliphatic carbocycles. The molecule has 0 bridgehead atoms. The Balaban J connectivity index is 0.000000442. The monoisotopic (exact) mass is 461 g/mol. The van der Waals surface area contributed by atoms with E-state index >= 15 is 0 Å². The maximum atomic E-state index is 13.0. The van der Waals surface area contributed by atoms with E-state index < -0.39 is 18.5 Å². The number of hydrogen-bond donors (Lipinski definition) is 0. The van der Waals surface area contributed by atoms with Gasteiger partial charge in [0, 0.05) is 30.3 Å². The first-order valence-electron chi connectivity index (χ1n) is 10.1. The molecule has 0 spiro atoms. The van der Waals surface area contributed by atoms with Gasteiger partial charge in [0.1, 0.15) is 24.4 Å². The molecular formula is C22H23F4N7. The van der Waals surface area contributed by atoms with Gasteiger partial charge in [-0.05, 0) is 44.2 Å². The highest BCUT2D eigenvalue weighted by molar-refractivity contribution is 6.09. The number of pyridine rings is 2. The molecule has 11 heteroatoms. The van der Waals surface area contributed by atoms with Crippen molar-refractivity contribution < 1.29 is 17.6 Å². The zero-order valence-electron chi connectivity index (χ0n) is 18.1. The molecule has 0 aromatic carbocycles. The third-order valence-corrected chi connectivity index (χ3v) is 4.71. The van der Waals surface area contributed by atoms with Crippen molar-refractivity contribution in [1.82, 2.24) is 24.8 Å². The molecule has 7 nitrogen and oxygen atoms in total. The van der Waals surface area contributed by atoms with Crippen LogP contribution in [0.2, 0.25) is 0 Å². The van der Waals surface area contributed by atoms with E-state index in [1.807, 2.05) is 18.7 Å². The Kier molecular flexibility index (Phi) is 7.99. The van der Waals surface area contributed by atoms with Crippen molar-refractivity contribution in [3.05, 3.63) is 78.4 Å². The number of alkyl halides is 4. The summed E-state index contributed by atoms with van der Waals surface area (Å²) < 4.78 is 52.2. The summed E-state index contributed by atoms with van der Waals surface area (Å²) in [5, 5.41) is 0. The van der Waals surface area contributed by atoms with Crippen molar-refractivity contribution in [2.45, 2.75) is 32.7 Å². The van der Waals surface area contributed by atoms with Crippen molar-refractivity contribution in [3.8, 4) is 0 Å². The Morgan fingerprint density at radius 3 is 2.36 bits per heavy atom. The molecule has 0 amide bonds. The quantitative estimate of drug-likeness (QED) is 0.539. The predicted octanol–water partition coefficient (Wildman–Crippen LogP) is 4.33. The van der Waals surface area contributed by atoms with Crippen molar-refractivity contribution in [3.63, 3.8) is 0 Å². The highest BCUT2D eigenvalue weighted by Gasteiger charge is 2.34. The van der Waals surface area contributed by atoms with E-state index in [0.717, 1.165) is 6.07 Å². The molecule has 0 radical (unpaired) electrons. The van der Waals surface area contributed by atoms with E-state index in [4.69, 9.17) is 0 Å². The van der Waals surface area contributed by atoms with Crippen LogP contribution in [0.3, 0.4) is 0 Å². The summed E-state index contributed by atoms with van der Waals surface area (Å²) in [4.78, 5) is 23.3. The van der Waals surface area contributed by atoms with Gasteiger partial charge >= 0.3 is 6.18 Å². The molecule has 0 saturated carbocycles. The van der Waals surface area contributed by atoms with Gasteiger partial charge in [0.25, 0.3) is 0 Å². The molecule has 174 valence electrons. The average Bonchev–Trinajstić information content (AvgIpc) is 2.84. The van der Waals surface area contributed by atoms with Gasteiger partial charge in [-0.2, -0.15) is 13.2 Å². The molecule has 3 aromatic rings. The lowest BCUT2D eigenvalue weighted by atomic mass is 10.2. The van der Waals surface area contributed by atoms with E-state index in [2.05, 4.69) is 24.9 Å². The number of amidine groups is 1. The number of rotatable bonds is 4. The Morgan fingerprint density at radius 2 is 1.79 bits per heavy atom. The lowest BCUT2D eigenvalue weighted by Gasteiger charge is -2.38. The number of nitrogens with zero attached hydrogens (tertiary/aromatic N) is 7. The molecular weight excluding hydrogens is 438 g/mol. The minimum atomic E-state index is -4.54. The van der Waals surface area contributed by atoms with Crippen LogP contribution in [0.4, 0.5) is 23.2 Å². The molecule has 0 unspecified atom stereocenters. The van der Waals surface area contributed by atoms with Crippen LogP contribution < -0.4 is 4.90 Å². The van der Waals surface area contributed by atoms with Crippen LogP contribution in [0.1, 0.15) is 30.9 Å². The first-order chi connectivity index (χ1) is 15.8. The molecule has 1 aliphatic rings. The predicted molar refractivity (Wildman–Crippen MR) is 116 cm³/mol. The molecule has 3 aromatic heterocycles. The fourth-order valence-electron chi connectivity index (χ4n) is 2.96. The van der Waals surface area contributed by atoms with E-state index in [1.165, 1.54) is 24.7 Å². The Hall–Kier alpha value is -3.47. The summed E-state index contributed by atoms with van der Waals surface area (Å²) in [6, 6.07) is 8.91. The molecule has 0 saturated heterocycles. The van der Waals surface area contributed by atoms with Gasteiger partial charge in [0.05, 0.1) is 19.0 Å². The van der Waals surface area contributed by atoms with Gasteiger partial charge in [0.2, 0.25) is 0 Å². The van der Waals surface area contributed by atoms with Gasteiger partial charge in [-0.1, -0.05) is 6.07 Å². The number of aliphatic imine (C=N–C) groups is 1. The second-order valence-corrected chi connectivity index (χ2v) is 7.32. The van der Waals surface area contributed by atoms with Gasteiger partial charge < -0.3 is 4.90 Å². The second-order valence-electron chi connectivity index (χ2n) is 7.32. The Labute approximate surface area is 188 Å². The molecule has 0 N–H and O–H groups in total. The van der Waals surface area contributed by atoms with Gasteiger partial charge in [0.15, 0.2) is 5.84 Å². The summed E-state index contributed by atoms with van der Waals surface area (Å²) in [6.45, 7) is 4.00. The molecule has 0 fully saturated rings. The van der Waals surface area contributed by atoms with Crippen molar-refractivity contribution >= 4 is 11.5 Å². The molecule has 0 atom stereocenters. The van der Waals surface area contributed by atoms with Crippen molar-refractivity contribution in [1.29, 1.82) is 0 Å². The molecule has 4 rings (SSSR count). The zero-order chi connectivity index (χ0) is 23.8. The minimum absolute atomic E-state index is 0.117. The van der Waals surface area contributed by atoms with Crippen LogP contribution >= 0.6 is 0 Å². The third-order valence-electron chi connectivity index (χ3n) is 4.71. The van der Waals surface area contributed by atoms with Crippen LogP contribution in [-0.2, 0) is 12.9 Å². The number of aromatic nitrogens is 4.